The summed E-state index contributed by atoms with van der Waals surface area (Å²) in [7, 11) is -3.70. The largest absolute Gasteiger partial charge is 0.264 e. The van der Waals surface area contributed by atoms with Gasteiger partial charge in [-0.1, -0.05) is 37.0 Å². The van der Waals surface area contributed by atoms with Crippen LogP contribution in [0.25, 0.3) is 0 Å². The van der Waals surface area contributed by atoms with Gasteiger partial charge in [-0.15, -0.1) is 0 Å². The lowest BCUT2D eigenvalue weighted by Gasteiger charge is -2.33. The molecule has 1 spiro atoms. The van der Waals surface area contributed by atoms with Gasteiger partial charge in [0, 0.05) is 11.5 Å². The lowest BCUT2D eigenvalue weighted by molar-refractivity contribution is -0.485. The van der Waals surface area contributed by atoms with Gasteiger partial charge >= 0.3 is 0 Å². The van der Waals surface area contributed by atoms with Crippen molar-refractivity contribution in [3.05, 3.63) is 39.9 Å². The maximum atomic E-state index is 13.1. The van der Waals surface area contributed by atoms with Gasteiger partial charge < -0.3 is 0 Å². The maximum Gasteiger partial charge on any atom is 0.243 e. The van der Waals surface area contributed by atoms with Crippen LogP contribution in [-0.2, 0) is 10.0 Å². The van der Waals surface area contributed by atoms with Gasteiger partial charge in [0.05, 0.1) is 10.9 Å². The number of hydrogen-bond acceptors (Lipinski definition) is 4. The summed E-state index contributed by atoms with van der Waals surface area (Å²) in [5.74, 6) is 0. The molecule has 1 saturated carbocycles. The minimum Gasteiger partial charge on any atom is -0.264 e. The SMILES string of the molecule is Cc1ccc(S(=O)(=O)N2CC3(CCCCC3)CC2C[N+](=O)[O-])cc1. The lowest BCUT2D eigenvalue weighted by atomic mass is 9.73. The van der Waals surface area contributed by atoms with E-state index in [4.69, 9.17) is 0 Å². The van der Waals surface area contributed by atoms with E-state index >= 15 is 0 Å². The molecule has 1 saturated heterocycles. The predicted octanol–water partition coefficient (Wildman–Crippen LogP) is 2.99. The summed E-state index contributed by atoms with van der Waals surface area (Å²) in [6, 6.07) is 6.19. The first-order chi connectivity index (χ1) is 11.3. The Bertz CT molecular complexity index is 709. The van der Waals surface area contributed by atoms with Crippen LogP contribution in [0, 0.1) is 22.5 Å². The maximum absolute atomic E-state index is 13.1. The topological polar surface area (TPSA) is 80.5 Å². The first kappa shape index (κ1) is 17.4. The summed E-state index contributed by atoms with van der Waals surface area (Å²) in [6.45, 7) is 2.01. The highest BCUT2D eigenvalue weighted by molar-refractivity contribution is 7.89. The van der Waals surface area contributed by atoms with Gasteiger partial charge in [-0.3, -0.25) is 10.1 Å². The van der Waals surface area contributed by atoms with Crippen LogP contribution >= 0.6 is 0 Å². The molecule has 6 nitrogen and oxygen atoms in total. The van der Waals surface area contributed by atoms with Gasteiger partial charge in [0.2, 0.25) is 16.6 Å². The van der Waals surface area contributed by atoms with Crippen molar-refractivity contribution < 1.29 is 13.3 Å². The number of rotatable bonds is 4. The van der Waals surface area contributed by atoms with Crippen LogP contribution in [0.1, 0.15) is 44.1 Å². The van der Waals surface area contributed by atoms with Crippen molar-refractivity contribution in [3.63, 3.8) is 0 Å². The number of nitro groups is 1. The average Bonchev–Trinajstić information content (AvgIpc) is 2.86. The molecule has 0 bridgehead atoms. The van der Waals surface area contributed by atoms with Crippen molar-refractivity contribution >= 4 is 10.0 Å². The molecule has 2 aliphatic rings. The Balaban J connectivity index is 1.92. The molecule has 7 heteroatoms. The van der Waals surface area contributed by atoms with Gasteiger partial charge in [0.15, 0.2) is 0 Å². The van der Waals surface area contributed by atoms with E-state index in [0.29, 0.717) is 13.0 Å². The van der Waals surface area contributed by atoms with Crippen LogP contribution in [0.15, 0.2) is 29.2 Å². The molecule has 1 aromatic carbocycles. The number of nitrogens with zero attached hydrogens (tertiary/aromatic N) is 2. The molecule has 1 aliphatic carbocycles. The minimum atomic E-state index is -3.70. The average molecular weight is 352 g/mol. The van der Waals surface area contributed by atoms with Crippen molar-refractivity contribution in [3.8, 4) is 0 Å². The highest BCUT2D eigenvalue weighted by Gasteiger charge is 2.50. The van der Waals surface area contributed by atoms with E-state index in [9.17, 15) is 18.5 Å². The Labute approximate surface area is 143 Å². The zero-order chi connectivity index (χ0) is 17.4. The molecule has 3 rings (SSSR count). The highest BCUT2D eigenvalue weighted by atomic mass is 32.2. The van der Waals surface area contributed by atoms with Crippen LogP contribution in [0.4, 0.5) is 0 Å². The Morgan fingerprint density at radius 1 is 1.21 bits per heavy atom. The van der Waals surface area contributed by atoms with E-state index in [1.807, 2.05) is 6.92 Å². The second-order valence-electron chi connectivity index (χ2n) is 7.30. The van der Waals surface area contributed by atoms with Crippen molar-refractivity contribution in [1.29, 1.82) is 0 Å². The Morgan fingerprint density at radius 3 is 2.42 bits per heavy atom. The standard InChI is InChI=1S/C17H24N2O4S/c1-14-5-7-16(8-6-14)24(22,23)18-13-17(9-3-2-4-10-17)11-15(18)12-19(20)21/h5-8,15H,2-4,9-13H2,1H3. The van der Waals surface area contributed by atoms with E-state index in [1.54, 1.807) is 24.3 Å². The smallest absolute Gasteiger partial charge is 0.243 e. The highest BCUT2D eigenvalue weighted by Crippen LogP contribution is 2.47. The molecule has 0 N–H and O–H groups in total. The van der Waals surface area contributed by atoms with Crippen molar-refractivity contribution in [2.24, 2.45) is 5.41 Å². The predicted molar refractivity (Wildman–Crippen MR) is 90.9 cm³/mol. The molecule has 24 heavy (non-hydrogen) atoms. The quantitative estimate of drug-likeness (QED) is 0.616. The molecule has 1 heterocycles. The number of aryl methyl sites for hydroxylation is 1. The van der Waals surface area contributed by atoms with Gasteiger partial charge in [-0.25, -0.2) is 8.42 Å². The first-order valence-electron chi connectivity index (χ1n) is 8.53. The summed E-state index contributed by atoms with van der Waals surface area (Å²) >= 11 is 0. The fraction of sp³-hybridized carbons (Fsp3) is 0.647. The molecule has 1 unspecified atom stereocenters. The summed E-state index contributed by atoms with van der Waals surface area (Å²) < 4.78 is 27.5. The number of sulfonamides is 1. The monoisotopic (exact) mass is 352 g/mol. The van der Waals surface area contributed by atoms with E-state index in [1.165, 1.54) is 10.7 Å². The molecular weight excluding hydrogens is 328 g/mol. The zero-order valence-corrected chi connectivity index (χ0v) is 14.8. The second kappa shape index (κ2) is 6.44. The number of hydrogen-bond donors (Lipinski definition) is 0. The second-order valence-corrected chi connectivity index (χ2v) is 9.19. The molecule has 0 radical (unpaired) electrons. The molecular formula is C17H24N2O4S. The fourth-order valence-corrected chi connectivity index (χ4v) is 5.97. The van der Waals surface area contributed by atoms with Crippen LogP contribution in [0.2, 0.25) is 0 Å². The van der Waals surface area contributed by atoms with Crippen LogP contribution in [0.5, 0.6) is 0 Å². The molecule has 1 atom stereocenters. The summed E-state index contributed by atoms with van der Waals surface area (Å²) in [5.41, 5.74) is 0.914. The van der Waals surface area contributed by atoms with E-state index in [2.05, 4.69) is 0 Å². The lowest BCUT2D eigenvalue weighted by Crippen LogP contribution is -2.40. The van der Waals surface area contributed by atoms with Crippen LogP contribution in [-0.4, -0.2) is 36.8 Å². The van der Waals surface area contributed by atoms with Crippen molar-refractivity contribution in [2.45, 2.75) is 56.4 Å². The summed E-state index contributed by atoms with van der Waals surface area (Å²) in [4.78, 5) is 10.9. The Morgan fingerprint density at radius 2 is 1.83 bits per heavy atom. The van der Waals surface area contributed by atoms with Crippen molar-refractivity contribution in [2.75, 3.05) is 13.1 Å². The normalized spacial score (nSPS) is 24.3. The third-order valence-electron chi connectivity index (χ3n) is 5.47. The molecule has 1 aromatic rings. The zero-order valence-electron chi connectivity index (χ0n) is 14.0. The van der Waals surface area contributed by atoms with Crippen LogP contribution in [0.3, 0.4) is 0 Å². The number of benzene rings is 1. The molecule has 2 fully saturated rings. The van der Waals surface area contributed by atoms with E-state index in [-0.39, 0.29) is 21.8 Å². The van der Waals surface area contributed by atoms with E-state index < -0.39 is 16.1 Å². The minimum absolute atomic E-state index is 0.0727. The van der Waals surface area contributed by atoms with Gasteiger partial charge in [-0.05, 0) is 43.7 Å². The van der Waals surface area contributed by atoms with Crippen molar-refractivity contribution in [1.82, 2.24) is 4.31 Å². The summed E-state index contributed by atoms with van der Waals surface area (Å²) in [6.07, 6.45) is 5.90. The first-order valence-corrected chi connectivity index (χ1v) is 9.97. The third-order valence-corrected chi connectivity index (χ3v) is 7.38. The van der Waals surface area contributed by atoms with Crippen LogP contribution < -0.4 is 0 Å². The Hall–Kier alpha value is -1.47. The van der Waals surface area contributed by atoms with Gasteiger partial charge in [0.25, 0.3) is 0 Å². The van der Waals surface area contributed by atoms with Gasteiger partial charge in [0.1, 0.15) is 0 Å². The third kappa shape index (κ3) is 3.32. The molecule has 132 valence electrons. The molecule has 1 aliphatic heterocycles. The van der Waals surface area contributed by atoms with Gasteiger partial charge in [-0.2, -0.15) is 4.31 Å². The summed E-state index contributed by atoms with van der Waals surface area (Å²) in [5, 5.41) is 11.1. The molecule has 0 amide bonds. The fourth-order valence-electron chi connectivity index (χ4n) is 4.24. The van der Waals surface area contributed by atoms with E-state index in [0.717, 1.165) is 31.2 Å². The Kier molecular flexibility index (Phi) is 4.66. The molecule has 0 aromatic heterocycles.